The summed E-state index contributed by atoms with van der Waals surface area (Å²) < 4.78 is 214. The van der Waals surface area contributed by atoms with Gasteiger partial charge in [0.15, 0.2) is 34.9 Å². The number of carbonyl (C=O) groups excluding carboxylic acids is 3. The van der Waals surface area contributed by atoms with Gasteiger partial charge in [0.05, 0.1) is 79.3 Å². The first-order valence-corrected chi connectivity index (χ1v) is 34.2. The average molecular weight is 1580 g/mol. The standard InChI is InChI=1S/C26H19F6N5O2.C25H18ClF4N5O2.C25H19F4N5O2/c27-17-12-20(36-25(38)14-2-1-3-15(10-14)26(30,31)32)22(28)23(29)24(17)39-16-4-5-18-19(11-16)35-21(13-34-18)37-8-6-33-7-9-37;26-15-3-1-13(9-16(15)27)25(36)34-20-11-17(28)24(23(30)22(20)29)37-14-2-4-18-19(10-14)33-21(12-32-18)35-7-5-31-6-8-35;26-15-3-1-2-14(10-15)25(35)33-20-12-17(27)24(23(29)22(20)28)36-16-4-5-18-19(11-16)32-21(13-31-18)34-8-6-30-7-9-34/h1-5,10-13,33H,6-9H2,(H,36,38);1-4,9-12,31H,5-8H2,(H,34,36);1-5,10-13,30H,6-9H2,(H,33,35). The highest BCUT2D eigenvalue weighted by Gasteiger charge is 2.32. The van der Waals surface area contributed by atoms with E-state index < -0.39 is 133 Å². The van der Waals surface area contributed by atoms with Crippen LogP contribution in [0.15, 0.2) is 158 Å². The fourth-order valence-corrected chi connectivity index (χ4v) is 11.7. The van der Waals surface area contributed by atoms with Gasteiger partial charge in [-0.2, -0.15) is 26.3 Å². The molecule has 21 nitrogen and oxygen atoms in total. The number of benzene rings is 9. The molecule has 0 aliphatic carbocycles. The molecular formula is C76H56ClF14N15O6. The quantitative estimate of drug-likeness (QED) is 0.0413. The van der Waals surface area contributed by atoms with Crippen molar-refractivity contribution in [3.05, 3.63) is 249 Å². The Morgan fingerprint density at radius 3 is 1.05 bits per heavy atom. The molecule has 3 amide bonds. The molecule has 3 aromatic heterocycles. The number of ether oxygens (including phenoxy) is 3. The Morgan fingerprint density at radius 2 is 0.714 bits per heavy atom. The SMILES string of the molecule is O=C(Nc1cc(F)c(Oc2ccc3ncc(N4CCNCC4)nc3c2)c(F)c1F)c1ccc(Cl)c(F)c1.O=C(Nc1cc(F)c(Oc2ccc3ncc(N4CCNCC4)nc3c2)c(F)c1F)c1cccc(C(F)(F)F)c1.O=C(Nc1cc(F)c(Oc2ccc3ncc(N4CCNCC4)nc3c2)c(F)c1F)c1cccc(F)c1. The van der Waals surface area contributed by atoms with Gasteiger partial charge in [-0.1, -0.05) is 23.7 Å². The number of piperazine rings is 3. The molecule has 15 rings (SSSR count). The molecule has 3 aliphatic heterocycles. The van der Waals surface area contributed by atoms with Gasteiger partial charge in [-0.25, -0.2) is 50.1 Å². The van der Waals surface area contributed by atoms with E-state index >= 15 is 0 Å². The number of fused-ring (bicyclic) bond motifs is 3. The predicted molar refractivity (Wildman–Crippen MR) is 386 cm³/mol. The number of rotatable bonds is 15. The van der Waals surface area contributed by atoms with Crippen molar-refractivity contribution in [2.24, 2.45) is 0 Å². The van der Waals surface area contributed by atoms with Gasteiger partial charge in [0.1, 0.15) is 46.3 Å². The second-order valence-electron chi connectivity index (χ2n) is 24.8. The number of hydrogen-bond acceptors (Lipinski definition) is 18. The first-order valence-electron chi connectivity index (χ1n) is 33.8. The molecule has 112 heavy (non-hydrogen) atoms. The highest BCUT2D eigenvalue weighted by molar-refractivity contribution is 6.30. The van der Waals surface area contributed by atoms with Crippen molar-refractivity contribution in [3.63, 3.8) is 0 Å². The van der Waals surface area contributed by atoms with Gasteiger partial charge in [0.2, 0.25) is 34.7 Å². The molecule has 0 saturated carbocycles. The van der Waals surface area contributed by atoms with Gasteiger partial charge < -0.3 is 60.8 Å². The third-order valence-electron chi connectivity index (χ3n) is 17.3. The molecule has 576 valence electrons. The molecule has 0 bridgehead atoms. The van der Waals surface area contributed by atoms with Gasteiger partial charge in [-0.05, 0) is 91.0 Å². The minimum absolute atomic E-state index is 0.00452. The zero-order chi connectivity index (χ0) is 79.1. The van der Waals surface area contributed by atoms with E-state index in [2.05, 4.69) is 55.7 Å². The molecule has 36 heteroatoms. The Kier molecular flexibility index (Phi) is 23.3. The maximum Gasteiger partial charge on any atom is 0.416 e. The lowest BCUT2D eigenvalue weighted by Crippen LogP contribution is -2.43. The first-order chi connectivity index (χ1) is 53.8. The molecule has 3 fully saturated rings. The normalized spacial score (nSPS) is 13.7. The zero-order valence-electron chi connectivity index (χ0n) is 57.6. The Bertz CT molecular complexity index is 5610. The van der Waals surface area contributed by atoms with Crippen LogP contribution in [-0.4, -0.2) is 126 Å². The number of hydrogen-bond donors (Lipinski definition) is 6. The molecule has 12 aromatic rings. The number of anilines is 6. The molecule has 0 radical (unpaired) electrons. The van der Waals surface area contributed by atoms with Crippen LogP contribution in [0.4, 0.5) is 96.0 Å². The van der Waals surface area contributed by atoms with Crippen molar-refractivity contribution >= 4 is 96.9 Å². The monoisotopic (exact) mass is 1580 g/mol. The Labute approximate surface area is 629 Å². The molecule has 9 aromatic carbocycles. The summed E-state index contributed by atoms with van der Waals surface area (Å²) in [6.45, 7) is 9.27. The molecule has 6 N–H and O–H groups in total. The number of nitrogens with one attached hydrogen (secondary N) is 6. The zero-order valence-corrected chi connectivity index (χ0v) is 58.4. The summed E-state index contributed by atoms with van der Waals surface area (Å²) in [5.41, 5.74) is -1.59. The van der Waals surface area contributed by atoms with Crippen molar-refractivity contribution in [2.45, 2.75) is 6.18 Å². The fraction of sp³-hybridized carbons (Fsp3) is 0.171. The first kappa shape index (κ1) is 77.6. The number of aromatic nitrogens is 6. The van der Waals surface area contributed by atoms with Gasteiger partial charge >= 0.3 is 6.18 Å². The van der Waals surface area contributed by atoms with E-state index in [9.17, 15) is 75.8 Å². The third-order valence-corrected chi connectivity index (χ3v) is 17.6. The van der Waals surface area contributed by atoms with Gasteiger partial charge in [-0.3, -0.25) is 29.3 Å². The van der Waals surface area contributed by atoms with Gasteiger partial charge in [0.25, 0.3) is 17.7 Å². The summed E-state index contributed by atoms with van der Waals surface area (Å²) in [4.78, 5) is 69.8. The van der Waals surface area contributed by atoms with E-state index in [1.54, 1.807) is 30.7 Å². The van der Waals surface area contributed by atoms with E-state index in [-0.39, 0.29) is 33.4 Å². The van der Waals surface area contributed by atoms with Gasteiger partial charge in [0, 0.05) is 132 Å². The Hall–Kier alpha value is -12.6. The summed E-state index contributed by atoms with van der Waals surface area (Å²) in [5.74, 6) is -19.5. The minimum atomic E-state index is -4.72. The van der Waals surface area contributed by atoms with Crippen LogP contribution in [0.5, 0.6) is 34.5 Å². The van der Waals surface area contributed by atoms with Crippen LogP contribution < -0.4 is 60.8 Å². The molecule has 0 unspecified atom stereocenters. The summed E-state index contributed by atoms with van der Waals surface area (Å²) >= 11 is 5.58. The maximum atomic E-state index is 14.8. The van der Waals surface area contributed by atoms with Crippen LogP contribution in [-0.2, 0) is 6.18 Å². The van der Waals surface area contributed by atoms with Crippen molar-refractivity contribution in [1.29, 1.82) is 0 Å². The van der Waals surface area contributed by atoms with Crippen LogP contribution in [0, 0.1) is 64.0 Å². The largest absolute Gasteiger partial charge is 0.451 e. The van der Waals surface area contributed by atoms with Crippen molar-refractivity contribution in [3.8, 4) is 34.5 Å². The van der Waals surface area contributed by atoms with E-state index in [0.717, 1.165) is 121 Å². The molecular weight excluding hydrogens is 1520 g/mol. The lowest BCUT2D eigenvalue weighted by atomic mass is 10.1. The van der Waals surface area contributed by atoms with Crippen molar-refractivity contribution in [2.75, 3.05) is 109 Å². The minimum Gasteiger partial charge on any atom is -0.451 e. The van der Waals surface area contributed by atoms with Crippen molar-refractivity contribution in [1.82, 2.24) is 45.9 Å². The lowest BCUT2D eigenvalue weighted by molar-refractivity contribution is -0.137. The predicted octanol–water partition coefficient (Wildman–Crippen LogP) is 15.5. The van der Waals surface area contributed by atoms with Crippen LogP contribution >= 0.6 is 11.6 Å². The number of amides is 3. The number of carbonyl (C=O) groups is 3. The second kappa shape index (κ2) is 33.7. The number of alkyl halides is 3. The highest BCUT2D eigenvalue weighted by Crippen LogP contribution is 2.39. The fourth-order valence-electron chi connectivity index (χ4n) is 11.6. The summed E-state index contributed by atoms with van der Waals surface area (Å²) in [6, 6.07) is 25.8. The molecule has 0 atom stereocenters. The van der Waals surface area contributed by atoms with E-state index in [1.165, 1.54) is 60.7 Å². The number of halogens is 15. The third kappa shape index (κ3) is 18.0. The van der Waals surface area contributed by atoms with Crippen LogP contribution in [0.25, 0.3) is 33.1 Å². The molecule has 0 spiro atoms. The average Bonchev–Trinajstić information content (AvgIpc) is 0.855. The smallest absolute Gasteiger partial charge is 0.416 e. The Morgan fingerprint density at radius 1 is 0.375 bits per heavy atom. The second-order valence-corrected chi connectivity index (χ2v) is 25.2. The maximum absolute atomic E-state index is 14.8. The van der Waals surface area contributed by atoms with E-state index in [0.29, 0.717) is 74.8 Å². The van der Waals surface area contributed by atoms with Crippen molar-refractivity contribution < 1.29 is 90.1 Å². The molecule has 3 saturated heterocycles. The lowest BCUT2D eigenvalue weighted by Gasteiger charge is -2.28. The topological polar surface area (TPSA) is 238 Å². The highest BCUT2D eigenvalue weighted by atomic mass is 35.5. The summed E-state index contributed by atoms with van der Waals surface area (Å²) in [5, 5.41) is 15.5. The molecule has 6 heterocycles. The molecule has 3 aliphatic rings. The number of nitrogens with zero attached hydrogens (tertiary/aromatic N) is 9. The van der Waals surface area contributed by atoms with Crippen LogP contribution in [0.1, 0.15) is 36.6 Å². The summed E-state index contributed by atoms with van der Waals surface area (Å²) in [7, 11) is 0. The Balaban J connectivity index is 0.000000147. The van der Waals surface area contributed by atoms with Crippen LogP contribution in [0.3, 0.4) is 0 Å². The van der Waals surface area contributed by atoms with Crippen LogP contribution in [0.2, 0.25) is 5.02 Å². The van der Waals surface area contributed by atoms with Gasteiger partial charge in [-0.15, -0.1) is 0 Å². The van der Waals surface area contributed by atoms with E-state index in [4.69, 9.17) is 25.8 Å². The van der Waals surface area contributed by atoms with E-state index in [1.807, 2.05) is 20.9 Å². The summed E-state index contributed by atoms with van der Waals surface area (Å²) in [6.07, 6.45) is 0.197.